The summed E-state index contributed by atoms with van der Waals surface area (Å²) in [4.78, 5) is 43.0. The number of nitrogens with zero attached hydrogens (tertiary/aromatic N) is 2. The number of aromatic nitrogens is 1. The molecule has 0 fully saturated rings. The van der Waals surface area contributed by atoms with E-state index in [1.54, 1.807) is 30.3 Å². The molecule has 0 bridgehead atoms. The zero-order chi connectivity index (χ0) is 27.6. The normalized spacial score (nSPS) is 11.3. The average molecular weight is 595 g/mol. The number of halogens is 2. The molecular formula is C28H24BrFN4O5. The van der Waals surface area contributed by atoms with E-state index in [4.69, 9.17) is 9.47 Å². The molecule has 0 radical (unpaired) electrons. The van der Waals surface area contributed by atoms with Crippen LogP contribution in [0.1, 0.15) is 10.5 Å². The van der Waals surface area contributed by atoms with Gasteiger partial charge in [-0.25, -0.2) is 14.0 Å². The molecule has 4 aromatic rings. The van der Waals surface area contributed by atoms with Crippen LogP contribution >= 0.6 is 15.9 Å². The minimum atomic E-state index is -1.09. The first-order valence-electron chi connectivity index (χ1n) is 11.9. The first-order valence-corrected chi connectivity index (χ1v) is 13.0. The van der Waals surface area contributed by atoms with Crippen LogP contribution in [-0.4, -0.2) is 47.8 Å². The summed E-state index contributed by atoms with van der Waals surface area (Å²) in [6.45, 7) is -0.481. The predicted octanol–water partition coefficient (Wildman–Crippen LogP) is 5.72. The molecule has 0 saturated heterocycles. The highest BCUT2D eigenvalue weighted by Gasteiger charge is 2.25. The lowest BCUT2D eigenvalue weighted by molar-refractivity contribution is 0.0722. The third kappa shape index (κ3) is 7.29. The van der Waals surface area contributed by atoms with Gasteiger partial charge in [0.15, 0.2) is 6.23 Å². The van der Waals surface area contributed by atoms with Gasteiger partial charge in [0, 0.05) is 11.6 Å². The van der Waals surface area contributed by atoms with E-state index in [1.165, 1.54) is 30.5 Å². The fourth-order valence-corrected chi connectivity index (χ4v) is 3.99. The molecule has 9 nitrogen and oxygen atoms in total. The Balaban J connectivity index is 1.41. The largest absolute Gasteiger partial charge is 0.447 e. The van der Waals surface area contributed by atoms with Crippen molar-refractivity contribution in [2.75, 3.05) is 28.7 Å². The van der Waals surface area contributed by atoms with Crippen LogP contribution in [-0.2, 0) is 9.47 Å². The highest BCUT2D eigenvalue weighted by molar-refractivity contribution is 9.09. The number of carbonyl (C=O) groups excluding carboxylic acids is 3. The van der Waals surface area contributed by atoms with Crippen LogP contribution in [0, 0.1) is 5.82 Å². The Hall–Kier alpha value is -4.51. The third-order valence-corrected chi connectivity index (χ3v) is 6.10. The van der Waals surface area contributed by atoms with Crippen LogP contribution in [0.3, 0.4) is 0 Å². The minimum Gasteiger partial charge on any atom is -0.447 e. The summed E-state index contributed by atoms with van der Waals surface area (Å²) in [6.07, 6.45) is -1.32. The number of nitrogens with one attached hydrogen (secondary N) is 2. The van der Waals surface area contributed by atoms with Gasteiger partial charge in [-0.15, -0.1) is 0 Å². The van der Waals surface area contributed by atoms with E-state index in [0.29, 0.717) is 5.69 Å². The highest BCUT2D eigenvalue weighted by Crippen LogP contribution is 2.23. The van der Waals surface area contributed by atoms with Gasteiger partial charge in [-0.1, -0.05) is 70.5 Å². The smallest absolute Gasteiger partial charge is 0.416 e. The van der Waals surface area contributed by atoms with Crippen LogP contribution < -0.4 is 15.5 Å². The lowest BCUT2D eigenvalue weighted by Gasteiger charge is -2.25. The number of pyridine rings is 1. The van der Waals surface area contributed by atoms with Crippen LogP contribution in [0.25, 0.3) is 10.8 Å². The molecule has 0 aliphatic rings. The van der Waals surface area contributed by atoms with Crippen LogP contribution in [0.2, 0.25) is 0 Å². The van der Waals surface area contributed by atoms with E-state index >= 15 is 0 Å². The standard InChI is InChI=1S/C28H24BrFN4O5/c29-18-25(33-26(35)23-12-5-6-15-31-23)39-28(37)34(24-14-4-3-11-21(24)30)16-17-38-27(36)32-22-13-7-9-19-8-1-2-10-20(19)22/h1-15,25H,16-18H2,(H,32,36)(H,33,35). The number of alkyl halides is 1. The maximum absolute atomic E-state index is 14.6. The summed E-state index contributed by atoms with van der Waals surface area (Å²) in [5, 5.41) is 7.07. The molecule has 0 spiro atoms. The topological polar surface area (TPSA) is 110 Å². The summed E-state index contributed by atoms with van der Waals surface area (Å²) in [5.74, 6) is -1.23. The minimum absolute atomic E-state index is 0.0619. The molecule has 200 valence electrons. The molecule has 11 heteroatoms. The summed E-state index contributed by atoms with van der Waals surface area (Å²) >= 11 is 3.20. The number of ether oxygens (including phenoxy) is 2. The van der Waals surface area contributed by atoms with Crippen molar-refractivity contribution < 1.29 is 28.2 Å². The number of carbonyl (C=O) groups is 3. The molecule has 2 N–H and O–H groups in total. The van der Waals surface area contributed by atoms with Gasteiger partial charge in [0.2, 0.25) is 0 Å². The fourth-order valence-electron chi connectivity index (χ4n) is 3.69. The number of hydrogen-bond donors (Lipinski definition) is 2. The van der Waals surface area contributed by atoms with Crippen molar-refractivity contribution >= 4 is 56.2 Å². The number of anilines is 2. The molecule has 0 aliphatic heterocycles. The molecule has 1 heterocycles. The van der Waals surface area contributed by atoms with Crippen molar-refractivity contribution in [3.05, 3.63) is 103 Å². The van der Waals surface area contributed by atoms with Gasteiger partial charge in [0.1, 0.15) is 18.1 Å². The van der Waals surface area contributed by atoms with E-state index < -0.39 is 30.1 Å². The quantitative estimate of drug-likeness (QED) is 0.189. The maximum atomic E-state index is 14.6. The number of amides is 3. The Morgan fingerprint density at radius 2 is 1.69 bits per heavy atom. The van der Waals surface area contributed by atoms with E-state index in [-0.39, 0.29) is 29.9 Å². The maximum Gasteiger partial charge on any atom is 0.416 e. The van der Waals surface area contributed by atoms with Crippen molar-refractivity contribution in [3.63, 3.8) is 0 Å². The lowest BCUT2D eigenvalue weighted by atomic mass is 10.1. The zero-order valence-electron chi connectivity index (χ0n) is 20.6. The van der Waals surface area contributed by atoms with Gasteiger partial charge in [-0.3, -0.25) is 20.0 Å². The second-order valence-electron chi connectivity index (χ2n) is 8.11. The van der Waals surface area contributed by atoms with Crippen LogP contribution in [0.5, 0.6) is 0 Å². The van der Waals surface area contributed by atoms with Gasteiger partial charge in [-0.05, 0) is 35.7 Å². The molecule has 3 amide bonds. The van der Waals surface area contributed by atoms with Gasteiger partial charge in [0.05, 0.1) is 23.2 Å². The van der Waals surface area contributed by atoms with Crippen molar-refractivity contribution in [3.8, 4) is 0 Å². The Morgan fingerprint density at radius 1 is 0.949 bits per heavy atom. The number of para-hydroxylation sites is 1. The lowest BCUT2D eigenvalue weighted by Crippen LogP contribution is -2.44. The Morgan fingerprint density at radius 3 is 2.46 bits per heavy atom. The number of hydrogen-bond acceptors (Lipinski definition) is 6. The van der Waals surface area contributed by atoms with Crippen LogP contribution in [0.15, 0.2) is 91.1 Å². The number of fused-ring (bicyclic) bond motifs is 1. The van der Waals surface area contributed by atoms with Crippen molar-refractivity contribution in [1.82, 2.24) is 10.3 Å². The summed E-state index contributed by atoms with van der Waals surface area (Å²) < 4.78 is 25.3. The first-order chi connectivity index (χ1) is 19.0. The molecule has 1 aromatic heterocycles. The molecule has 0 aliphatic carbocycles. The number of benzene rings is 3. The van der Waals surface area contributed by atoms with E-state index in [2.05, 4.69) is 31.5 Å². The first kappa shape index (κ1) is 27.5. The van der Waals surface area contributed by atoms with Crippen LogP contribution in [0.4, 0.5) is 25.4 Å². The zero-order valence-corrected chi connectivity index (χ0v) is 22.1. The van der Waals surface area contributed by atoms with E-state index in [1.807, 2.05) is 30.3 Å². The predicted molar refractivity (Wildman–Crippen MR) is 148 cm³/mol. The Bertz CT molecular complexity index is 1450. The summed E-state index contributed by atoms with van der Waals surface area (Å²) in [7, 11) is 0. The number of rotatable bonds is 9. The molecule has 39 heavy (non-hydrogen) atoms. The monoisotopic (exact) mass is 594 g/mol. The second-order valence-corrected chi connectivity index (χ2v) is 8.75. The van der Waals surface area contributed by atoms with Crippen molar-refractivity contribution in [1.29, 1.82) is 0 Å². The van der Waals surface area contributed by atoms with Gasteiger partial charge in [0.25, 0.3) is 5.91 Å². The van der Waals surface area contributed by atoms with E-state index in [9.17, 15) is 18.8 Å². The Labute approximate surface area is 232 Å². The van der Waals surface area contributed by atoms with Gasteiger partial charge < -0.3 is 14.8 Å². The molecule has 1 unspecified atom stereocenters. The second kappa shape index (κ2) is 13.3. The third-order valence-electron chi connectivity index (χ3n) is 5.51. The summed E-state index contributed by atoms with van der Waals surface area (Å²) in [5.41, 5.74) is 0.619. The molecular weight excluding hydrogens is 571 g/mol. The van der Waals surface area contributed by atoms with Gasteiger partial charge >= 0.3 is 12.2 Å². The SMILES string of the molecule is O=C(Nc1cccc2ccccc12)OCCN(C(=O)OC(CBr)NC(=O)c1ccccn1)c1ccccc1F. The molecule has 3 aromatic carbocycles. The van der Waals surface area contributed by atoms with Crippen molar-refractivity contribution in [2.45, 2.75) is 6.23 Å². The van der Waals surface area contributed by atoms with E-state index in [0.717, 1.165) is 15.7 Å². The average Bonchev–Trinajstić information content (AvgIpc) is 2.96. The molecule has 1 atom stereocenters. The van der Waals surface area contributed by atoms with Crippen molar-refractivity contribution in [2.24, 2.45) is 0 Å². The molecule has 4 rings (SSSR count). The Kier molecular flexibility index (Phi) is 9.41. The fraction of sp³-hybridized carbons (Fsp3) is 0.143. The highest BCUT2D eigenvalue weighted by atomic mass is 79.9. The van der Waals surface area contributed by atoms with Gasteiger partial charge in [-0.2, -0.15) is 0 Å². The summed E-state index contributed by atoms with van der Waals surface area (Å²) in [6, 6.07) is 23.4. The molecule has 0 saturated carbocycles.